The van der Waals surface area contributed by atoms with Crippen molar-refractivity contribution < 1.29 is 0 Å². The number of halogens is 2. The molecule has 0 N–H and O–H groups in total. The lowest BCUT2D eigenvalue weighted by Gasteiger charge is -2.03. The van der Waals surface area contributed by atoms with Gasteiger partial charge in [0.05, 0.1) is 11.6 Å². The number of rotatable bonds is 5. The van der Waals surface area contributed by atoms with Gasteiger partial charge in [0.15, 0.2) is 0 Å². The van der Waals surface area contributed by atoms with Crippen LogP contribution in [-0.2, 0) is 5.88 Å². The number of pyridine rings is 1. The first-order valence-electron chi connectivity index (χ1n) is 4.48. The van der Waals surface area contributed by atoms with Gasteiger partial charge in [-0.1, -0.05) is 0 Å². The number of hydrogen-bond acceptors (Lipinski definition) is 2. The summed E-state index contributed by atoms with van der Waals surface area (Å²) in [7, 11) is 0. The zero-order chi connectivity index (χ0) is 10.4. The smallest absolute Gasteiger partial charge is 0.0647 e. The number of aryl methyl sites for hydroxylation is 1. The SMILES string of the molecule is Cc1cc(SCCCCl)cc(CCl)n1. The Kier molecular flexibility index (Phi) is 5.68. The summed E-state index contributed by atoms with van der Waals surface area (Å²) in [6, 6.07) is 4.12. The standard InChI is InChI=1S/C10H13Cl2NS/c1-8-5-10(14-4-2-3-11)6-9(7-12)13-8/h5-6H,2-4,7H2,1H3. The van der Waals surface area contributed by atoms with Crippen molar-refractivity contribution in [3.8, 4) is 0 Å². The van der Waals surface area contributed by atoms with E-state index in [-0.39, 0.29) is 0 Å². The summed E-state index contributed by atoms with van der Waals surface area (Å²) in [5.41, 5.74) is 1.97. The Labute approximate surface area is 99.2 Å². The van der Waals surface area contributed by atoms with Crippen molar-refractivity contribution in [2.24, 2.45) is 0 Å². The fraction of sp³-hybridized carbons (Fsp3) is 0.500. The molecule has 0 atom stereocenters. The molecule has 0 saturated carbocycles. The molecule has 0 radical (unpaired) electrons. The molecule has 1 heterocycles. The molecule has 0 aliphatic rings. The maximum Gasteiger partial charge on any atom is 0.0647 e. The van der Waals surface area contributed by atoms with Crippen molar-refractivity contribution in [2.45, 2.75) is 24.1 Å². The second kappa shape index (κ2) is 6.54. The number of thioether (sulfide) groups is 1. The molecule has 78 valence electrons. The summed E-state index contributed by atoms with van der Waals surface area (Å²) in [5.74, 6) is 2.25. The molecule has 0 spiro atoms. The molecule has 14 heavy (non-hydrogen) atoms. The van der Waals surface area contributed by atoms with Crippen LogP contribution in [0.5, 0.6) is 0 Å². The highest BCUT2D eigenvalue weighted by atomic mass is 35.5. The van der Waals surface area contributed by atoms with Crippen LogP contribution in [0.1, 0.15) is 17.8 Å². The van der Waals surface area contributed by atoms with Gasteiger partial charge in [0, 0.05) is 16.5 Å². The van der Waals surface area contributed by atoms with Crippen LogP contribution < -0.4 is 0 Å². The van der Waals surface area contributed by atoms with Gasteiger partial charge < -0.3 is 0 Å². The van der Waals surface area contributed by atoms with Crippen molar-refractivity contribution in [3.05, 3.63) is 23.5 Å². The van der Waals surface area contributed by atoms with E-state index in [2.05, 4.69) is 11.1 Å². The largest absolute Gasteiger partial charge is 0.257 e. The van der Waals surface area contributed by atoms with Gasteiger partial charge in [0.25, 0.3) is 0 Å². The Balaban J connectivity index is 2.62. The minimum absolute atomic E-state index is 0.477. The van der Waals surface area contributed by atoms with Gasteiger partial charge in [-0.15, -0.1) is 35.0 Å². The van der Waals surface area contributed by atoms with Crippen LogP contribution in [0, 0.1) is 6.92 Å². The van der Waals surface area contributed by atoms with Gasteiger partial charge in [-0.25, -0.2) is 0 Å². The van der Waals surface area contributed by atoms with Crippen LogP contribution in [0.25, 0.3) is 0 Å². The fourth-order valence-corrected chi connectivity index (χ4v) is 2.53. The van der Waals surface area contributed by atoms with Crippen LogP contribution >= 0.6 is 35.0 Å². The maximum atomic E-state index is 5.74. The Hall–Kier alpha value is 0.0800. The van der Waals surface area contributed by atoms with E-state index in [1.54, 1.807) is 11.8 Å². The third kappa shape index (κ3) is 4.07. The van der Waals surface area contributed by atoms with Gasteiger partial charge in [-0.3, -0.25) is 4.98 Å². The van der Waals surface area contributed by atoms with E-state index in [1.165, 1.54) is 4.90 Å². The first kappa shape index (κ1) is 12.2. The lowest BCUT2D eigenvalue weighted by Crippen LogP contribution is -1.90. The molecule has 1 aromatic heterocycles. The number of alkyl halides is 2. The summed E-state index contributed by atoms with van der Waals surface area (Å²) in [6.45, 7) is 1.99. The van der Waals surface area contributed by atoms with E-state index in [0.717, 1.165) is 29.4 Å². The topological polar surface area (TPSA) is 12.9 Å². The average molecular weight is 250 g/mol. The van der Waals surface area contributed by atoms with E-state index in [9.17, 15) is 0 Å². The third-order valence-corrected chi connectivity index (χ3v) is 3.27. The molecule has 0 bridgehead atoms. The molecular weight excluding hydrogens is 237 g/mol. The third-order valence-electron chi connectivity index (χ3n) is 1.66. The van der Waals surface area contributed by atoms with Crippen molar-refractivity contribution in [1.29, 1.82) is 0 Å². The van der Waals surface area contributed by atoms with Gasteiger partial charge in [-0.05, 0) is 31.2 Å². The van der Waals surface area contributed by atoms with Crippen molar-refractivity contribution >= 4 is 35.0 Å². The van der Waals surface area contributed by atoms with Crippen molar-refractivity contribution in [1.82, 2.24) is 4.98 Å². The molecule has 0 aliphatic heterocycles. The minimum atomic E-state index is 0.477. The zero-order valence-electron chi connectivity index (χ0n) is 8.09. The first-order chi connectivity index (χ1) is 6.76. The fourth-order valence-electron chi connectivity index (χ4n) is 1.10. The average Bonchev–Trinajstić information content (AvgIpc) is 2.17. The van der Waals surface area contributed by atoms with E-state index in [1.807, 2.05) is 13.0 Å². The molecule has 0 unspecified atom stereocenters. The highest BCUT2D eigenvalue weighted by Crippen LogP contribution is 2.21. The molecule has 4 heteroatoms. The van der Waals surface area contributed by atoms with E-state index >= 15 is 0 Å². The summed E-state index contributed by atoms with van der Waals surface area (Å²) >= 11 is 13.2. The molecular formula is C10H13Cl2NS. The van der Waals surface area contributed by atoms with Crippen LogP contribution in [-0.4, -0.2) is 16.6 Å². The van der Waals surface area contributed by atoms with Crippen molar-refractivity contribution in [3.63, 3.8) is 0 Å². The molecule has 0 aliphatic carbocycles. The summed E-state index contributed by atoms with van der Waals surface area (Å²) < 4.78 is 0. The summed E-state index contributed by atoms with van der Waals surface area (Å²) in [4.78, 5) is 5.54. The van der Waals surface area contributed by atoms with Gasteiger partial charge in [0.1, 0.15) is 0 Å². The zero-order valence-corrected chi connectivity index (χ0v) is 10.4. The maximum absolute atomic E-state index is 5.74. The second-order valence-electron chi connectivity index (χ2n) is 2.96. The predicted octanol–water partition coefficient (Wildman–Crippen LogP) is 3.85. The quantitative estimate of drug-likeness (QED) is 0.447. The number of nitrogens with zero attached hydrogens (tertiary/aromatic N) is 1. The van der Waals surface area contributed by atoms with E-state index in [4.69, 9.17) is 23.2 Å². The second-order valence-corrected chi connectivity index (χ2v) is 4.77. The van der Waals surface area contributed by atoms with Gasteiger partial charge in [-0.2, -0.15) is 0 Å². The molecule has 1 rings (SSSR count). The van der Waals surface area contributed by atoms with Gasteiger partial charge >= 0.3 is 0 Å². The Morgan fingerprint density at radius 2 is 2.14 bits per heavy atom. The van der Waals surface area contributed by atoms with Crippen LogP contribution in [0.15, 0.2) is 17.0 Å². The summed E-state index contributed by atoms with van der Waals surface area (Å²) in [5, 5.41) is 0. The molecule has 0 fully saturated rings. The number of hydrogen-bond donors (Lipinski definition) is 0. The molecule has 0 saturated heterocycles. The first-order valence-corrected chi connectivity index (χ1v) is 6.54. The van der Waals surface area contributed by atoms with E-state index in [0.29, 0.717) is 5.88 Å². The highest BCUT2D eigenvalue weighted by Gasteiger charge is 1.99. The molecule has 0 amide bonds. The summed E-state index contributed by atoms with van der Waals surface area (Å²) in [6.07, 6.45) is 1.03. The highest BCUT2D eigenvalue weighted by molar-refractivity contribution is 7.99. The van der Waals surface area contributed by atoms with Crippen molar-refractivity contribution in [2.75, 3.05) is 11.6 Å². The normalized spacial score (nSPS) is 10.5. The van der Waals surface area contributed by atoms with Crippen LogP contribution in [0.2, 0.25) is 0 Å². The lowest BCUT2D eigenvalue weighted by atomic mass is 10.3. The van der Waals surface area contributed by atoms with Crippen LogP contribution in [0.4, 0.5) is 0 Å². The Morgan fingerprint density at radius 3 is 2.79 bits per heavy atom. The lowest BCUT2D eigenvalue weighted by molar-refractivity contribution is 1.06. The Morgan fingerprint density at radius 1 is 1.36 bits per heavy atom. The Bertz CT molecular complexity index is 291. The molecule has 1 nitrogen and oxygen atoms in total. The number of aromatic nitrogens is 1. The van der Waals surface area contributed by atoms with Gasteiger partial charge in [0.2, 0.25) is 0 Å². The predicted molar refractivity (Wildman–Crippen MR) is 64.6 cm³/mol. The molecule has 0 aromatic carbocycles. The van der Waals surface area contributed by atoms with Crippen LogP contribution in [0.3, 0.4) is 0 Å². The minimum Gasteiger partial charge on any atom is -0.257 e. The monoisotopic (exact) mass is 249 g/mol. The molecule has 1 aromatic rings. The van der Waals surface area contributed by atoms with E-state index < -0.39 is 0 Å².